The number of benzene rings is 1. The Labute approximate surface area is 138 Å². The molecule has 1 aromatic heterocycles. The molecule has 1 fully saturated rings. The molecular weight excluding hydrogens is 286 g/mol. The highest BCUT2D eigenvalue weighted by Gasteiger charge is 2.09. The first-order valence-electron chi connectivity index (χ1n) is 8.56. The van der Waals surface area contributed by atoms with Gasteiger partial charge >= 0.3 is 0 Å². The van der Waals surface area contributed by atoms with Crippen molar-refractivity contribution in [2.24, 2.45) is 0 Å². The van der Waals surface area contributed by atoms with Crippen LogP contribution in [-0.2, 0) is 0 Å². The zero-order valence-corrected chi connectivity index (χ0v) is 13.9. The maximum atomic E-state index is 5.81. The quantitative estimate of drug-likeness (QED) is 0.762. The lowest BCUT2D eigenvalue weighted by Gasteiger charge is -2.26. The van der Waals surface area contributed by atoms with Gasteiger partial charge in [0.2, 0.25) is 5.88 Å². The summed E-state index contributed by atoms with van der Waals surface area (Å²) in [6, 6.07) is 10.1. The van der Waals surface area contributed by atoms with Crippen LogP contribution in [0.2, 0.25) is 0 Å². The molecule has 3 rings (SSSR count). The van der Waals surface area contributed by atoms with E-state index in [1.165, 1.54) is 37.9 Å². The first-order chi connectivity index (χ1) is 11.3. The fraction of sp³-hybridized carbons (Fsp3) is 0.474. The van der Waals surface area contributed by atoms with Crippen molar-refractivity contribution in [1.29, 1.82) is 0 Å². The SMILES string of the molecule is Cc1ccc(-c2nccc(OCCCN3CCCCC3)n2)cc1. The van der Waals surface area contributed by atoms with Crippen molar-refractivity contribution in [3.05, 3.63) is 42.1 Å². The maximum absolute atomic E-state index is 5.81. The molecule has 23 heavy (non-hydrogen) atoms. The van der Waals surface area contributed by atoms with Gasteiger partial charge in [-0.3, -0.25) is 0 Å². The number of aryl methyl sites for hydroxylation is 1. The van der Waals surface area contributed by atoms with E-state index in [1.807, 2.05) is 18.2 Å². The first-order valence-corrected chi connectivity index (χ1v) is 8.56. The van der Waals surface area contributed by atoms with Crippen LogP contribution < -0.4 is 4.74 Å². The Morgan fingerprint density at radius 2 is 1.83 bits per heavy atom. The summed E-state index contributed by atoms with van der Waals surface area (Å²) in [4.78, 5) is 11.4. The Kier molecular flexibility index (Phi) is 5.59. The smallest absolute Gasteiger partial charge is 0.216 e. The number of hydrogen-bond acceptors (Lipinski definition) is 4. The van der Waals surface area contributed by atoms with Crippen LogP contribution in [0.5, 0.6) is 5.88 Å². The Hall–Kier alpha value is -1.94. The van der Waals surface area contributed by atoms with Crippen LogP contribution in [0.15, 0.2) is 36.5 Å². The standard InChI is InChI=1S/C19H25N3O/c1-16-6-8-17(9-7-16)19-20-11-10-18(21-19)23-15-5-14-22-12-3-2-4-13-22/h6-11H,2-5,12-15H2,1H3. The Morgan fingerprint density at radius 3 is 2.61 bits per heavy atom. The summed E-state index contributed by atoms with van der Waals surface area (Å²) in [5.74, 6) is 1.38. The number of rotatable bonds is 6. The average molecular weight is 311 g/mol. The van der Waals surface area contributed by atoms with E-state index in [2.05, 4.69) is 33.9 Å². The third-order valence-corrected chi connectivity index (χ3v) is 4.26. The number of nitrogens with zero attached hydrogens (tertiary/aromatic N) is 3. The van der Waals surface area contributed by atoms with Gasteiger partial charge in [0.15, 0.2) is 5.82 Å². The minimum atomic E-state index is 0.661. The molecule has 0 radical (unpaired) electrons. The number of piperidine rings is 1. The molecule has 0 saturated carbocycles. The summed E-state index contributed by atoms with van der Waals surface area (Å²) in [6.07, 6.45) is 6.88. The van der Waals surface area contributed by atoms with Gasteiger partial charge in [0, 0.05) is 24.4 Å². The second-order valence-corrected chi connectivity index (χ2v) is 6.19. The highest BCUT2D eigenvalue weighted by atomic mass is 16.5. The van der Waals surface area contributed by atoms with E-state index in [-0.39, 0.29) is 0 Å². The second kappa shape index (κ2) is 8.06. The number of aromatic nitrogens is 2. The Bertz CT molecular complexity index is 606. The minimum Gasteiger partial charge on any atom is -0.478 e. The third kappa shape index (κ3) is 4.76. The van der Waals surface area contributed by atoms with Gasteiger partial charge in [0.05, 0.1) is 6.61 Å². The Morgan fingerprint density at radius 1 is 1.04 bits per heavy atom. The van der Waals surface area contributed by atoms with Crippen molar-refractivity contribution in [2.45, 2.75) is 32.6 Å². The highest BCUT2D eigenvalue weighted by molar-refractivity contribution is 5.55. The van der Waals surface area contributed by atoms with Crippen molar-refractivity contribution in [1.82, 2.24) is 14.9 Å². The molecule has 122 valence electrons. The van der Waals surface area contributed by atoms with Gasteiger partial charge in [-0.05, 0) is 39.3 Å². The Balaban J connectivity index is 1.50. The molecule has 0 unspecified atom stereocenters. The summed E-state index contributed by atoms with van der Waals surface area (Å²) in [6.45, 7) is 6.39. The van der Waals surface area contributed by atoms with Crippen molar-refractivity contribution >= 4 is 0 Å². The zero-order chi connectivity index (χ0) is 15.9. The van der Waals surface area contributed by atoms with Gasteiger partial charge in [-0.1, -0.05) is 36.2 Å². The molecule has 4 nitrogen and oxygen atoms in total. The summed E-state index contributed by atoms with van der Waals surface area (Å²) < 4.78 is 5.81. The molecule has 0 amide bonds. The van der Waals surface area contributed by atoms with Gasteiger partial charge < -0.3 is 9.64 Å². The van der Waals surface area contributed by atoms with Crippen molar-refractivity contribution in [3.8, 4) is 17.3 Å². The summed E-state index contributed by atoms with van der Waals surface area (Å²) in [5.41, 5.74) is 2.26. The van der Waals surface area contributed by atoms with E-state index in [1.54, 1.807) is 6.20 Å². The van der Waals surface area contributed by atoms with Crippen LogP contribution >= 0.6 is 0 Å². The molecule has 0 bridgehead atoms. The molecule has 0 aliphatic carbocycles. The van der Waals surface area contributed by atoms with Crippen LogP contribution in [0.4, 0.5) is 0 Å². The molecule has 0 N–H and O–H groups in total. The minimum absolute atomic E-state index is 0.661. The fourth-order valence-electron chi connectivity index (χ4n) is 2.91. The van der Waals surface area contributed by atoms with Crippen LogP contribution in [0.3, 0.4) is 0 Å². The molecule has 1 aliphatic heterocycles. The molecular formula is C19H25N3O. The lowest BCUT2D eigenvalue weighted by Crippen LogP contribution is -2.31. The van der Waals surface area contributed by atoms with E-state index < -0.39 is 0 Å². The molecule has 1 aliphatic rings. The van der Waals surface area contributed by atoms with E-state index in [4.69, 9.17) is 4.74 Å². The van der Waals surface area contributed by atoms with Gasteiger partial charge in [0.25, 0.3) is 0 Å². The van der Waals surface area contributed by atoms with E-state index in [0.717, 1.165) is 24.4 Å². The number of hydrogen-bond donors (Lipinski definition) is 0. The third-order valence-electron chi connectivity index (χ3n) is 4.26. The molecule has 2 aromatic rings. The lowest BCUT2D eigenvalue weighted by atomic mass is 10.1. The van der Waals surface area contributed by atoms with E-state index in [0.29, 0.717) is 12.5 Å². The topological polar surface area (TPSA) is 38.2 Å². The van der Waals surface area contributed by atoms with E-state index in [9.17, 15) is 0 Å². The fourth-order valence-corrected chi connectivity index (χ4v) is 2.91. The van der Waals surface area contributed by atoms with Gasteiger partial charge in [-0.2, -0.15) is 4.98 Å². The largest absolute Gasteiger partial charge is 0.478 e. The highest BCUT2D eigenvalue weighted by Crippen LogP contribution is 2.18. The molecule has 2 heterocycles. The second-order valence-electron chi connectivity index (χ2n) is 6.19. The summed E-state index contributed by atoms with van der Waals surface area (Å²) in [7, 11) is 0. The van der Waals surface area contributed by atoms with Crippen LogP contribution in [0.1, 0.15) is 31.2 Å². The number of likely N-dealkylation sites (tertiary alicyclic amines) is 1. The van der Waals surface area contributed by atoms with Crippen molar-refractivity contribution < 1.29 is 4.74 Å². The van der Waals surface area contributed by atoms with E-state index >= 15 is 0 Å². The number of ether oxygens (including phenoxy) is 1. The molecule has 1 saturated heterocycles. The first kappa shape index (κ1) is 15.9. The normalized spacial score (nSPS) is 15.5. The maximum Gasteiger partial charge on any atom is 0.216 e. The van der Waals surface area contributed by atoms with Crippen LogP contribution in [0.25, 0.3) is 11.4 Å². The van der Waals surface area contributed by atoms with Gasteiger partial charge in [-0.25, -0.2) is 4.98 Å². The predicted molar refractivity (Wildman–Crippen MR) is 92.6 cm³/mol. The van der Waals surface area contributed by atoms with Crippen LogP contribution in [0, 0.1) is 6.92 Å². The van der Waals surface area contributed by atoms with Gasteiger partial charge in [-0.15, -0.1) is 0 Å². The average Bonchev–Trinajstić information content (AvgIpc) is 2.61. The molecule has 4 heteroatoms. The predicted octanol–water partition coefficient (Wildman–Crippen LogP) is 3.71. The lowest BCUT2D eigenvalue weighted by molar-refractivity contribution is 0.203. The summed E-state index contributed by atoms with van der Waals surface area (Å²) in [5, 5.41) is 0. The van der Waals surface area contributed by atoms with Gasteiger partial charge in [0.1, 0.15) is 0 Å². The summed E-state index contributed by atoms with van der Waals surface area (Å²) >= 11 is 0. The van der Waals surface area contributed by atoms with Crippen molar-refractivity contribution in [3.63, 3.8) is 0 Å². The van der Waals surface area contributed by atoms with Crippen molar-refractivity contribution in [2.75, 3.05) is 26.2 Å². The van der Waals surface area contributed by atoms with Crippen LogP contribution in [-0.4, -0.2) is 41.1 Å². The zero-order valence-electron chi connectivity index (χ0n) is 13.9. The molecule has 0 spiro atoms. The monoisotopic (exact) mass is 311 g/mol. The molecule has 1 aromatic carbocycles. The molecule has 0 atom stereocenters.